The summed E-state index contributed by atoms with van der Waals surface area (Å²) in [6.45, 7) is 0.918. The van der Waals surface area contributed by atoms with Crippen molar-refractivity contribution in [1.82, 2.24) is 9.80 Å². The molecule has 15 heavy (non-hydrogen) atoms. The molecule has 0 fully saturated rings. The lowest BCUT2D eigenvalue weighted by molar-refractivity contribution is -0.162. The van der Waals surface area contributed by atoms with Gasteiger partial charge in [0.05, 0.1) is 6.07 Å². The van der Waals surface area contributed by atoms with E-state index >= 15 is 0 Å². The number of halogens is 3. The number of nitriles is 1. The number of hydrogen-bond acceptors (Lipinski definition) is 3. The molecular weight excluding hydrogens is 207 g/mol. The van der Waals surface area contributed by atoms with Crippen molar-refractivity contribution in [1.29, 1.82) is 5.26 Å². The van der Waals surface area contributed by atoms with Crippen molar-refractivity contribution in [3.8, 4) is 6.07 Å². The number of nitrogens with zero attached hydrogens (tertiary/aromatic N) is 3. The fourth-order valence-electron chi connectivity index (χ4n) is 0.991. The summed E-state index contributed by atoms with van der Waals surface area (Å²) < 4.78 is 36.7. The van der Waals surface area contributed by atoms with Gasteiger partial charge in [-0.3, -0.25) is 0 Å². The summed E-state index contributed by atoms with van der Waals surface area (Å²) in [7, 11) is 5.28. The fourth-order valence-corrected chi connectivity index (χ4v) is 0.991. The van der Waals surface area contributed by atoms with Gasteiger partial charge < -0.3 is 9.80 Å². The summed E-state index contributed by atoms with van der Waals surface area (Å²) in [5.41, 5.74) is 0. The van der Waals surface area contributed by atoms with Crippen LogP contribution in [-0.4, -0.2) is 56.8 Å². The second-order valence-electron chi connectivity index (χ2n) is 3.79. The van der Waals surface area contributed by atoms with Crippen molar-refractivity contribution in [2.45, 2.75) is 6.18 Å². The Morgan fingerprint density at radius 1 is 1.20 bits per heavy atom. The van der Waals surface area contributed by atoms with Crippen molar-refractivity contribution in [3.63, 3.8) is 0 Å². The Bertz CT molecular complexity index is 220. The molecule has 0 aromatic rings. The zero-order valence-electron chi connectivity index (χ0n) is 9.17. The molecule has 0 saturated carbocycles. The lowest BCUT2D eigenvalue weighted by atomic mass is 10.1. The summed E-state index contributed by atoms with van der Waals surface area (Å²) in [5.74, 6) is -1.90. The van der Waals surface area contributed by atoms with Gasteiger partial charge >= 0.3 is 6.18 Å². The molecule has 3 nitrogen and oxygen atoms in total. The average Bonchev–Trinajstić information content (AvgIpc) is 2.08. The Balaban J connectivity index is 4.04. The Kier molecular flexibility index (Phi) is 5.61. The molecule has 88 valence electrons. The topological polar surface area (TPSA) is 30.3 Å². The van der Waals surface area contributed by atoms with Crippen LogP contribution in [0.1, 0.15) is 0 Å². The normalized spacial score (nSPS) is 14.3. The molecule has 6 heteroatoms. The Hall–Kier alpha value is -0.800. The van der Waals surface area contributed by atoms with Crippen LogP contribution in [0.25, 0.3) is 0 Å². The molecule has 0 saturated heterocycles. The smallest absolute Gasteiger partial charge is 0.308 e. The second-order valence-corrected chi connectivity index (χ2v) is 3.79. The van der Waals surface area contributed by atoms with E-state index in [4.69, 9.17) is 5.26 Å². The minimum atomic E-state index is -4.43. The van der Waals surface area contributed by atoms with E-state index in [0.717, 1.165) is 0 Å². The van der Waals surface area contributed by atoms with Crippen molar-refractivity contribution in [3.05, 3.63) is 0 Å². The fraction of sp³-hybridized carbons (Fsp3) is 0.889. The first-order valence-corrected chi connectivity index (χ1v) is 4.57. The maximum Gasteiger partial charge on any atom is 0.405 e. The Morgan fingerprint density at radius 2 is 1.73 bits per heavy atom. The summed E-state index contributed by atoms with van der Waals surface area (Å²) in [6.07, 6.45) is -4.43. The number of hydrogen-bond donors (Lipinski definition) is 0. The molecule has 0 aromatic carbocycles. The molecule has 0 rings (SSSR count). The molecule has 1 atom stereocenters. The largest absolute Gasteiger partial charge is 0.405 e. The van der Waals surface area contributed by atoms with Crippen LogP contribution in [0.4, 0.5) is 13.2 Å². The maximum atomic E-state index is 12.2. The van der Waals surface area contributed by atoms with Gasteiger partial charge in [-0.05, 0) is 21.1 Å². The van der Waals surface area contributed by atoms with Crippen LogP contribution in [0.5, 0.6) is 0 Å². The van der Waals surface area contributed by atoms with E-state index in [1.165, 1.54) is 11.0 Å². The van der Waals surface area contributed by atoms with Gasteiger partial charge in [-0.1, -0.05) is 0 Å². The van der Waals surface area contributed by atoms with E-state index in [-0.39, 0.29) is 6.54 Å². The van der Waals surface area contributed by atoms with E-state index in [1.54, 1.807) is 7.05 Å². The third-order valence-electron chi connectivity index (χ3n) is 1.97. The first-order valence-electron chi connectivity index (χ1n) is 4.57. The van der Waals surface area contributed by atoms with E-state index in [0.29, 0.717) is 13.1 Å². The van der Waals surface area contributed by atoms with Crippen molar-refractivity contribution in [2.75, 3.05) is 40.8 Å². The highest BCUT2D eigenvalue weighted by Crippen LogP contribution is 2.25. The van der Waals surface area contributed by atoms with E-state index in [1.807, 2.05) is 19.0 Å². The van der Waals surface area contributed by atoms with Gasteiger partial charge in [0, 0.05) is 19.6 Å². The Labute approximate surface area is 88.1 Å². The van der Waals surface area contributed by atoms with Crippen LogP contribution in [0.3, 0.4) is 0 Å². The molecule has 0 aliphatic carbocycles. The van der Waals surface area contributed by atoms with Crippen LogP contribution >= 0.6 is 0 Å². The van der Waals surface area contributed by atoms with Gasteiger partial charge in [0.25, 0.3) is 0 Å². The van der Waals surface area contributed by atoms with E-state index in [9.17, 15) is 13.2 Å². The quantitative estimate of drug-likeness (QED) is 0.701. The summed E-state index contributed by atoms with van der Waals surface area (Å²) in [4.78, 5) is 3.40. The zero-order chi connectivity index (χ0) is 12.1. The molecule has 0 heterocycles. The summed E-state index contributed by atoms with van der Waals surface area (Å²) in [5, 5.41) is 8.38. The van der Waals surface area contributed by atoms with Gasteiger partial charge in [-0.2, -0.15) is 18.4 Å². The van der Waals surface area contributed by atoms with Crippen LogP contribution in [-0.2, 0) is 0 Å². The summed E-state index contributed by atoms with van der Waals surface area (Å²) >= 11 is 0. The molecule has 0 radical (unpaired) electrons. The van der Waals surface area contributed by atoms with Crippen LogP contribution in [0, 0.1) is 17.2 Å². The number of rotatable bonds is 5. The van der Waals surface area contributed by atoms with E-state index < -0.39 is 12.1 Å². The molecule has 0 bridgehead atoms. The molecule has 0 amide bonds. The lowest BCUT2D eigenvalue weighted by Gasteiger charge is -2.22. The second kappa shape index (κ2) is 5.93. The van der Waals surface area contributed by atoms with Gasteiger partial charge in [0.2, 0.25) is 0 Å². The first-order chi connectivity index (χ1) is 6.77. The third-order valence-corrected chi connectivity index (χ3v) is 1.97. The zero-order valence-corrected chi connectivity index (χ0v) is 9.17. The van der Waals surface area contributed by atoms with Gasteiger partial charge in [0.15, 0.2) is 5.92 Å². The monoisotopic (exact) mass is 223 g/mol. The standard InChI is InChI=1S/C9H16F3N3/c1-14(2)4-5-15(3)7-8(6-13)9(10,11)12/h8H,4-5,7H2,1-3H3. The van der Waals surface area contributed by atoms with Crippen molar-refractivity contribution < 1.29 is 13.2 Å². The average molecular weight is 223 g/mol. The highest BCUT2D eigenvalue weighted by Gasteiger charge is 2.40. The SMILES string of the molecule is CN(C)CCN(C)CC(C#N)C(F)(F)F. The lowest BCUT2D eigenvalue weighted by Crippen LogP contribution is -2.37. The third kappa shape index (κ3) is 6.31. The molecule has 0 N–H and O–H groups in total. The van der Waals surface area contributed by atoms with Crippen LogP contribution < -0.4 is 0 Å². The van der Waals surface area contributed by atoms with Gasteiger partial charge in [-0.15, -0.1) is 0 Å². The minimum Gasteiger partial charge on any atom is -0.308 e. The van der Waals surface area contributed by atoms with Gasteiger partial charge in [0.1, 0.15) is 0 Å². The first kappa shape index (κ1) is 14.2. The predicted molar refractivity (Wildman–Crippen MR) is 51.2 cm³/mol. The molecule has 0 spiro atoms. The van der Waals surface area contributed by atoms with Crippen molar-refractivity contribution in [2.24, 2.45) is 5.92 Å². The Morgan fingerprint density at radius 3 is 2.07 bits per heavy atom. The van der Waals surface area contributed by atoms with E-state index in [2.05, 4.69) is 0 Å². The van der Waals surface area contributed by atoms with Crippen molar-refractivity contribution >= 4 is 0 Å². The van der Waals surface area contributed by atoms with Crippen LogP contribution in [0.2, 0.25) is 0 Å². The highest BCUT2D eigenvalue weighted by molar-refractivity contribution is 4.90. The van der Waals surface area contributed by atoms with Crippen LogP contribution in [0.15, 0.2) is 0 Å². The number of likely N-dealkylation sites (N-methyl/N-ethyl adjacent to an activating group) is 2. The minimum absolute atomic E-state index is 0.270. The molecular formula is C9H16F3N3. The molecule has 0 aliphatic rings. The summed E-state index contributed by atoms with van der Waals surface area (Å²) in [6, 6.07) is 1.28. The molecule has 0 aromatic heterocycles. The number of alkyl halides is 3. The molecule has 0 aliphatic heterocycles. The van der Waals surface area contributed by atoms with Gasteiger partial charge in [-0.25, -0.2) is 0 Å². The maximum absolute atomic E-state index is 12.2. The predicted octanol–water partition coefficient (Wildman–Crippen LogP) is 1.18. The highest BCUT2D eigenvalue weighted by atomic mass is 19.4. The molecule has 1 unspecified atom stereocenters.